The van der Waals surface area contributed by atoms with Gasteiger partial charge in [0, 0.05) is 6.54 Å². The Hall–Kier alpha value is -2.38. The van der Waals surface area contributed by atoms with Crippen LogP contribution in [-0.4, -0.2) is 27.5 Å². The largest absolute Gasteiger partial charge is 0.484 e. The minimum Gasteiger partial charge on any atom is -0.484 e. The van der Waals surface area contributed by atoms with E-state index in [1.54, 1.807) is 12.1 Å². The SMILES string of the molecule is CCCNS(=O)(=O)c1ccc(OCC(=O)N[C@@H]2CCCc3ccccc32)cc1. The average molecular weight is 403 g/mol. The van der Waals surface area contributed by atoms with Crippen molar-refractivity contribution in [3.63, 3.8) is 0 Å². The number of carbonyl (C=O) groups excluding carboxylic acids is 1. The summed E-state index contributed by atoms with van der Waals surface area (Å²) in [5.74, 6) is 0.261. The monoisotopic (exact) mass is 402 g/mol. The van der Waals surface area contributed by atoms with Crippen molar-refractivity contribution in [2.24, 2.45) is 0 Å². The summed E-state index contributed by atoms with van der Waals surface area (Å²) in [4.78, 5) is 12.5. The number of aryl methyl sites for hydroxylation is 1. The van der Waals surface area contributed by atoms with Crippen molar-refractivity contribution in [3.05, 3.63) is 59.7 Å². The van der Waals surface area contributed by atoms with Crippen LogP contribution in [0.25, 0.3) is 0 Å². The summed E-state index contributed by atoms with van der Waals surface area (Å²) in [6.07, 6.45) is 3.73. The lowest BCUT2D eigenvalue weighted by Crippen LogP contribution is -2.34. The molecule has 1 amide bonds. The molecule has 1 aliphatic carbocycles. The van der Waals surface area contributed by atoms with E-state index in [0.29, 0.717) is 12.3 Å². The molecule has 2 aromatic carbocycles. The zero-order valence-corrected chi connectivity index (χ0v) is 16.8. The van der Waals surface area contributed by atoms with E-state index >= 15 is 0 Å². The van der Waals surface area contributed by atoms with Crippen LogP contribution in [0.2, 0.25) is 0 Å². The van der Waals surface area contributed by atoms with Gasteiger partial charge in [0.25, 0.3) is 5.91 Å². The van der Waals surface area contributed by atoms with Gasteiger partial charge in [0.2, 0.25) is 10.0 Å². The van der Waals surface area contributed by atoms with Gasteiger partial charge in [-0.2, -0.15) is 0 Å². The Morgan fingerprint density at radius 1 is 1.14 bits per heavy atom. The molecule has 0 fully saturated rings. The van der Waals surface area contributed by atoms with Crippen LogP contribution in [0.15, 0.2) is 53.4 Å². The van der Waals surface area contributed by atoms with Gasteiger partial charge in [0.05, 0.1) is 10.9 Å². The van der Waals surface area contributed by atoms with Crippen LogP contribution in [0, 0.1) is 0 Å². The highest BCUT2D eigenvalue weighted by Gasteiger charge is 2.21. The lowest BCUT2D eigenvalue weighted by atomic mass is 9.88. The molecule has 150 valence electrons. The molecule has 0 heterocycles. The maximum absolute atomic E-state index is 12.3. The maximum atomic E-state index is 12.3. The highest BCUT2D eigenvalue weighted by molar-refractivity contribution is 7.89. The predicted octanol–water partition coefficient (Wildman–Crippen LogP) is 2.95. The fourth-order valence-corrected chi connectivity index (χ4v) is 4.46. The average Bonchev–Trinajstić information content (AvgIpc) is 2.71. The number of sulfonamides is 1. The summed E-state index contributed by atoms with van der Waals surface area (Å²) in [5, 5.41) is 3.03. The molecule has 1 atom stereocenters. The smallest absolute Gasteiger partial charge is 0.258 e. The predicted molar refractivity (Wildman–Crippen MR) is 108 cm³/mol. The van der Waals surface area contributed by atoms with Crippen molar-refractivity contribution in [2.45, 2.75) is 43.5 Å². The van der Waals surface area contributed by atoms with Gasteiger partial charge >= 0.3 is 0 Å². The molecule has 6 nitrogen and oxygen atoms in total. The van der Waals surface area contributed by atoms with Crippen LogP contribution in [-0.2, 0) is 21.2 Å². The van der Waals surface area contributed by atoms with Crippen LogP contribution >= 0.6 is 0 Å². The van der Waals surface area contributed by atoms with Gasteiger partial charge in [-0.05, 0) is 61.1 Å². The summed E-state index contributed by atoms with van der Waals surface area (Å²) in [6.45, 7) is 2.18. The topological polar surface area (TPSA) is 84.5 Å². The summed E-state index contributed by atoms with van der Waals surface area (Å²) in [5.41, 5.74) is 2.46. The molecule has 0 aromatic heterocycles. The van der Waals surface area contributed by atoms with Gasteiger partial charge in [0.1, 0.15) is 5.75 Å². The molecule has 0 radical (unpaired) electrons. The first-order valence-corrected chi connectivity index (χ1v) is 11.1. The molecule has 0 bridgehead atoms. The summed E-state index contributed by atoms with van der Waals surface area (Å²) >= 11 is 0. The Labute approximate surface area is 166 Å². The first-order valence-electron chi connectivity index (χ1n) is 9.59. The second-order valence-corrected chi connectivity index (χ2v) is 8.64. The van der Waals surface area contributed by atoms with Crippen LogP contribution in [0.5, 0.6) is 5.75 Å². The van der Waals surface area contributed by atoms with Crippen molar-refractivity contribution in [2.75, 3.05) is 13.2 Å². The molecule has 0 unspecified atom stereocenters. The molecular formula is C21H26N2O4S. The lowest BCUT2D eigenvalue weighted by Gasteiger charge is -2.26. The van der Waals surface area contributed by atoms with Crippen molar-refractivity contribution in [1.82, 2.24) is 10.0 Å². The molecule has 2 aromatic rings. The zero-order chi connectivity index (χ0) is 20.0. The zero-order valence-electron chi connectivity index (χ0n) is 16.0. The third kappa shape index (κ3) is 5.11. The molecule has 0 spiro atoms. The van der Waals surface area contributed by atoms with E-state index in [9.17, 15) is 13.2 Å². The Balaban J connectivity index is 1.54. The molecule has 0 saturated carbocycles. The fraction of sp³-hybridized carbons (Fsp3) is 0.381. The summed E-state index contributed by atoms with van der Waals surface area (Å²) in [6, 6.07) is 14.3. The lowest BCUT2D eigenvalue weighted by molar-refractivity contribution is -0.123. The molecule has 0 saturated heterocycles. The number of fused-ring (bicyclic) bond motifs is 1. The number of benzene rings is 2. The number of rotatable bonds is 8. The number of hydrogen-bond donors (Lipinski definition) is 2. The van der Waals surface area contributed by atoms with Crippen molar-refractivity contribution >= 4 is 15.9 Å². The Morgan fingerprint density at radius 3 is 2.64 bits per heavy atom. The minimum absolute atomic E-state index is 0.0122. The number of carbonyl (C=O) groups is 1. The second-order valence-electron chi connectivity index (χ2n) is 6.87. The van der Waals surface area contributed by atoms with Crippen LogP contribution in [0.3, 0.4) is 0 Å². The standard InChI is InChI=1S/C21H26N2O4S/c1-2-14-22-28(25,26)18-12-10-17(11-13-18)27-15-21(24)23-20-9-5-7-16-6-3-4-8-19(16)20/h3-4,6,8,10-13,20,22H,2,5,7,9,14-15H2,1H3,(H,23,24)/t20-/m1/s1. The summed E-state index contributed by atoms with van der Waals surface area (Å²) in [7, 11) is -3.50. The van der Waals surface area contributed by atoms with Gasteiger partial charge < -0.3 is 10.1 Å². The van der Waals surface area contributed by atoms with E-state index < -0.39 is 10.0 Å². The van der Waals surface area contributed by atoms with Crippen LogP contribution < -0.4 is 14.8 Å². The molecule has 1 aliphatic rings. The highest BCUT2D eigenvalue weighted by Crippen LogP contribution is 2.29. The van der Waals surface area contributed by atoms with Crippen LogP contribution in [0.4, 0.5) is 0 Å². The van der Waals surface area contributed by atoms with Crippen molar-refractivity contribution in [1.29, 1.82) is 0 Å². The molecule has 3 rings (SSSR count). The molecule has 2 N–H and O–H groups in total. The van der Waals surface area contributed by atoms with E-state index in [-0.39, 0.29) is 23.5 Å². The van der Waals surface area contributed by atoms with Gasteiger partial charge in [-0.3, -0.25) is 4.79 Å². The number of hydrogen-bond acceptors (Lipinski definition) is 4. The van der Waals surface area contributed by atoms with E-state index in [1.165, 1.54) is 23.3 Å². The van der Waals surface area contributed by atoms with Gasteiger partial charge in [0.15, 0.2) is 6.61 Å². The minimum atomic E-state index is -3.50. The van der Waals surface area contributed by atoms with Crippen molar-refractivity contribution in [3.8, 4) is 5.75 Å². The normalized spacial score (nSPS) is 16.2. The molecule has 0 aliphatic heterocycles. The highest BCUT2D eigenvalue weighted by atomic mass is 32.2. The Kier molecular flexibility index (Phi) is 6.70. The van der Waals surface area contributed by atoms with Crippen LogP contribution in [0.1, 0.15) is 43.4 Å². The number of amides is 1. The third-order valence-electron chi connectivity index (χ3n) is 4.75. The van der Waals surface area contributed by atoms with Crippen molar-refractivity contribution < 1.29 is 17.9 Å². The first-order chi connectivity index (χ1) is 13.5. The number of ether oxygens (including phenoxy) is 1. The Bertz CT molecular complexity index is 910. The van der Waals surface area contributed by atoms with Gasteiger partial charge in [-0.1, -0.05) is 31.2 Å². The van der Waals surface area contributed by atoms with E-state index in [2.05, 4.69) is 22.2 Å². The quantitative estimate of drug-likeness (QED) is 0.711. The third-order valence-corrected chi connectivity index (χ3v) is 6.23. The summed E-state index contributed by atoms with van der Waals surface area (Å²) < 4.78 is 32.2. The fourth-order valence-electron chi connectivity index (χ4n) is 3.32. The van der Waals surface area contributed by atoms with E-state index in [0.717, 1.165) is 25.7 Å². The van der Waals surface area contributed by atoms with Gasteiger partial charge in [-0.25, -0.2) is 13.1 Å². The molecule has 7 heteroatoms. The van der Waals surface area contributed by atoms with Gasteiger partial charge in [-0.15, -0.1) is 0 Å². The number of nitrogens with one attached hydrogen (secondary N) is 2. The van der Waals surface area contributed by atoms with E-state index in [1.807, 2.05) is 19.1 Å². The second kappa shape index (κ2) is 9.21. The molecular weight excluding hydrogens is 376 g/mol. The first kappa shape index (κ1) is 20.4. The van der Waals surface area contributed by atoms with E-state index in [4.69, 9.17) is 4.74 Å². The Morgan fingerprint density at radius 2 is 1.89 bits per heavy atom. The maximum Gasteiger partial charge on any atom is 0.258 e. The molecule has 28 heavy (non-hydrogen) atoms.